The van der Waals surface area contributed by atoms with E-state index in [1.165, 1.54) is 16.2 Å². The Morgan fingerprint density at radius 3 is 2.44 bits per heavy atom. The maximum atomic E-state index is 13.4. The van der Waals surface area contributed by atoms with Crippen molar-refractivity contribution >= 4 is 55.7 Å². The number of ketones is 1. The topological polar surface area (TPSA) is 79.7 Å². The predicted octanol–water partition coefficient (Wildman–Crippen LogP) is 6.54. The lowest BCUT2D eigenvalue weighted by Gasteiger charge is -2.23. The van der Waals surface area contributed by atoms with Crippen molar-refractivity contribution < 1.29 is 19.4 Å². The van der Waals surface area contributed by atoms with Gasteiger partial charge in [-0.3, -0.25) is 14.5 Å². The van der Waals surface area contributed by atoms with Gasteiger partial charge in [0.25, 0.3) is 5.78 Å². The Morgan fingerprint density at radius 1 is 1.06 bits per heavy atom. The zero-order chi connectivity index (χ0) is 25.4. The molecular formula is C28H23ClN2O4S. The molecule has 0 aliphatic carbocycles. The Morgan fingerprint density at radius 2 is 1.78 bits per heavy atom. The van der Waals surface area contributed by atoms with Crippen LogP contribution in [0.2, 0.25) is 5.02 Å². The van der Waals surface area contributed by atoms with Gasteiger partial charge in [0.2, 0.25) is 0 Å². The second kappa shape index (κ2) is 9.76. The molecule has 0 unspecified atom stereocenters. The highest BCUT2D eigenvalue weighted by Gasteiger charge is 2.48. The molecule has 8 heteroatoms. The van der Waals surface area contributed by atoms with Crippen LogP contribution in [0.25, 0.3) is 16.0 Å². The zero-order valence-electron chi connectivity index (χ0n) is 19.7. The van der Waals surface area contributed by atoms with Crippen molar-refractivity contribution in [2.45, 2.75) is 26.3 Å². The summed E-state index contributed by atoms with van der Waals surface area (Å²) in [4.78, 5) is 32.8. The third-order valence-corrected chi connectivity index (χ3v) is 7.39. The van der Waals surface area contributed by atoms with Gasteiger partial charge in [0.15, 0.2) is 5.13 Å². The van der Waals surface area contributed by atoms with Gasteiger partial charge in [0, 0.05) is 10.6 Å². The van der Waals surface area contributed by atoms with Gasteiger partial charge in [0.05, 0.1) is 28.4 Å². The highest BCUT2D eigenvalue weighted by atomic mass is 35.5. The Balaban J connectivity index is 1.69. The highest BCUT2D eigenvalue weighted by molar-refractivity contribution is 7.22. The number of benzene rings is 3. The van der Waals surface area contributed by atoms with Gasteiger partial charge < -0.3 is 9.84 Å². The van der Waals surface area contributed by atoms with Crippen LogP contribution in [-0.4, -0.2) is 28.4 Å². The lowest BCUT2D eigenvalue weighted by molar-refractivity contribution is -0.132. The summed E-state index contributed by atoms with van der Waals surface area (Å²) >= 11 is 7.36. The molecule has 1 atom stereocenters. The molecule has 1 fully saturated rings. The smallest absolute Gasteiger partial charge is 0.301 e. The summed E-state index contributed by atoms with van der Waals surface area (Å²) in [5.74, 6) is -1.10. The summed E-state index contributed by atoms with van der Waals surface area (Å²) in [6.07, 6.45) is 0.876. The van der Waals surface area contributed by atoms with E-state index in [2.05, 4.69) is 11.9 Å². The molecule has 1 aliphatic rings. The number of ether oxygens (including phenoxy) is 1. The number of Topliss-reactive ketones (excluding diaryl/α,β-unsaturated/α-hetero) is 1. The molecule has 1 saturated heterocycles. The Labute approximate surface area is 217 Å². The highest BCUT2D eigenvalue weighted by Crippen LogP contribution is 2.44. The number of aliphatic hydroxyl groups is 1. The zero-order valence-corrected chi connectivity index (χ0v) is 21.3. The molecule has 1 aliphatic heterocycles. The maximum Gasteiger partial charge on any atom is 0.301 e. The van der Waals surface area contributed by atoms with Crippen LogP contribution in [0.3, 0.4) is 0 Å². The van der Waals surface area contributed by atoms with E-state index in [1.54, 1.807) is 48.5 Å². The number of amides is 1. The molecule has 4 aromatic rings. The van der Waals surface area contributed by atoms with E-state index in [1.807, 2.05) is 25.1 Å². The molecular weight excluding hydrogens is 496 g/mol. The Bertz CT molecular complexity index is 1490. The minimum Gasteiger partial charge on any atom is -0.507 e. The first-order valence-corrected chi connectivity index (χ1v) is 12.8. The van der Waals surface area contributed by atoms with Crippen molar-refractivity contribution in [2.24, 2.45) is 0 Å². The van der Waals surface area contributed by atoms with Gasteiger partial charge in [-0.25, -0.2) is 4.98 Å². The standard InChI is InChI=1S/C28H23ClN2O4S/c1-3-16-5-14-21-22(15-16)36-28(30-21)31-24(17-8-12-20(13-9-17)35-4-2)23(26(33)27(31)34)25(32)18-6-10-19(29)11-7-18/h5-15,24,32H,3-4H2,1-2H3/t24-/m0/s1. The number of aryl methyl sites for hydroxylation is 1. The molecule has 182 valence electrons. The van der Waals surface area contributed by atoms with E-state index in [4.69, 9.17) is 16.3 Å². The average Bonchev–Trinajstić information content (AvgIpc) is 3.42. The number of aliphatic hydroxyl groups excluding tert-OH is 1. The summed E-state index contributed by atoms with van der Waals surface area (Å²) in [5.41, 5.74) is 2.95. The third kappa shape index (κ3) is 4.25. The van der Waals surface area contributed by atoms with Gasteiger partial charge in [-0.05, 0) is 73.0 Å². The van der Waals surface area contributed by atoms with Gasteiger partial charge in [-0.1, -0.05) is 48.1 Å². The number of nitrogens with zero attached hydrogens (tertiary/aromatic N) is 2. The lowest BCUT2D eigenvalue weighted by Crippen LogP contribution is -2.29. The summed E-state index contributed by atoms with van der Waals surface area (Å²) in [6.45, 7) is 4.48. The summed E-state index contributed by atoms with van der Waals surface area (Å²) in [5, 5.41) is 12.1. The number of thiazole rings is 1. The monoisotopic (exact) mass is 518 g/mol. The number of hydrogen-bond donors (Lipinski definition) is 1. The molecule has 36 heavy (non-hydrogen) atoms. The van der Waals surface area contributed by atoms with E-state index < -0.39 is 17.7 Å². The van der Waals surface area contributed by atoms with Gasteiger partial charge >= 0.3 is 5.91 Å². The number of halogens is 1. The number of anilines is 1. The summed E-state index contributed by atoms with van der Waals surface area (Å²) < 4.78 is 6.49. The van der Waals surface area contributed by atoms with Gasteiger partial charge in [0.1, 0.15) is 11.5 Å². The van der Waals surface area contributed by atoms with Crippen LogP contribution in [0.5, 0.6) is 5.75 Å². The van der Waals surface area contributed by atoms with Crippen LogP contribution in [-0.2, 0) is 16.0 Å². The molecule has 3 aromatic carbocycles. The summed E-state index contributed by atoms with van der Waals surface area (Å²) in [7, 11) is 0. The van der Waals surface area contributed by atoms with E-state index in [9.17, 15) is 14.7 Å². The van der Waals surface area contributed by atoms with E-state index in [-0.39, 0.29) is 11.3 Å². The molecule has 2 heterocycles. The number of carbonyl (C=O) groups excluding carboxylic acids is 2. The fraction of sp³-hybridized carbons (Fsp3) is 0.179. The van der Waals surface area contributed by atoms with Crippen molar-refractivity contribution in [3.05, 3.63) is 94.0 Å². The first-order chi connectivity index (χ1) is 17.4. The van der Waals surface area contributed by atoms with E-state index in [0.29, 0.717) is 33.6 Å². The molecule has 0 spiro atoms. The van der Waals surface area contributed by atoms with Crippen molar-refractivity contribution in [3.8, 4) is 5.75 Å². The minimum absolute atomic E-state index is 0.0000133. The van der Waals surface area contributed by atoms with Crippen molar-refractivity contribution in [2.75, 3.05) is 11.5 Å². The van der Waals surface area contributed by atoms with Gasteiger partial charge in [-0.15, -0.1) is 0 Å². The normalized spacial score (nSPS) is 17.2. The Kier molecular flexibility index (Phi) is 6.51. The molecule has 1 aromatic heterocycles. The first kappa shape index (κ1) is 24.0. The van der Waals surface area contributed by atoms with Gasteiger partial charge in [-0.2, -0.15) is 0 Å². The number of rotatable bonds is 6. The lowest BCUT2D eigenvalue weighted by atomic mass is 9.95. The number of fused-ring (bicyclic) bond motifs is 1. The SMILES string of the molecule is CCOc1ccc([C@H]2C(=C(O)c3ccc(Cl)cc3)C(=O)C(=O)N2c2nc3ccc(CC)cc3s2)cc1. The molecule has 1 amide bonds. The second-order valence-corrected chi connectivity index (χ2v) is 9.78. The predicted molar refractivity (Wildman–Crippen MR) is 143 cm³/mol. The average molecular weight is 519 g/mol. The van der Waals surface area contributed by atoms with Crippen LogP contribution < -0.4 is 9.64 Å². The van der Waals surface area contributed by atoms with Crippen molar-refractivity contribution in [1.82, 2.24) is 4.98 Å². The van der Waals surface area contributed by atoms with Crippen LogP contribution in [0.1, 0.15) is 36.6 Å². The minimum atomic E-state index is -0.859. The van der Waals surface area contributed by atoms with E-state index >= 15 is 0 Å². The molecule has 0 bridgehead atoms. The second-order valence-electron chi connectivity index (χ2n) is 8.33. The number of aromatic nitrogens is 1. The van der Waals surface area contributed by atoms with Crippen LogP contribution in [0.15, 0.2) is 72.3 Å². The fourth-order valence-corrected chi connectivity index (χ4v) is 5.48. The first-order valence-electron chi connectivity index (χ1n) is 11.6. The van der Waals surface area contributed by atoms with Crippen molar-refractivity contribution in [1.29, 1.82) is 0 Å². The third-order valence-electron chi connectivity index (χ3n) is 6.12. The van der Waals surface area contributed by atoms with Crippen LogP contribution >= 0.6 is 22.9 Å². The molecule has 6 nitrogen and oxygen atoms in total. The van der Waals surface area contributed by atoms with Crippen molar-refractivity contribution in [3.63, 3.8) is 0 Å². The van der Waals surface area contributed by atoms with Crippen LogP contribution in [0, 0.1) is 0 Å². The number of carbonyl (C=O) groups is 2. The van der Waals surface area contributed by atoms with Crippen LogP contribution in [0.4, 0.5) is 5.13 Å². The number of hydrogen-bond acceptors (Lipinski definition) is 6. The maximum absolute atomic E-state index is 13.4. The largest absolute Gasteiger partial charge is 0.507 e. The fourth-order valence-electron chi connectivity index (χ4n) is 4.30. The molecule has 0 radical (unpaired) electrons. The quantitative estimate of drug-likeness (QED) is 0.178. The molecule has 1 N–H and O–H groups in total. The molecule has 0 saturated carbocycles. The Hall–Kier alpha value is -3.68. The van der Waals surface area contributed by atoms with E-state index in [0.717, 1.165) is 22.2 Å². The summed E-state index contributed by atoms with van der Waals surface area (Å²) in [6, 6.07) is 18.8. The molecule has 5 rings (SSSR count).